The Morgan fingerprint density at radius 2 is 1.75 bits per heavy atom. The molecule has 2 saturated carbocycles. The van der Waals surface area contributed by atoms with Gasteiger partial charge < -0.3 is 28.8 Å². The van der Waals surface area contributed by atoms with Crippen LogP contribution in [0.1, 0.15) is 74.7 Å². The molecule has 0 aromatic carbocycles. The van der Waals surface area contributed by atoms with Gasteiger partial charge in [0.1, 0.15) is 5.60 Å². The first-order valence-electron chi connectivity index (χ1n) is 14.0. The fraction of sp³-hybridized carbons (Fsp3) is 0.793. The zero-order chi connectivity index (χ0) is 30.4. The van der Waals surface area contributed by atoms with Gasteiger partial charge in [-0.2, -0.15) is 0 Å². The van der Waals surface area contributed by atoms with E-state index < -0.39 is 72.5 Å². The first kappa shape index (κ1) is 30.9. The molecule has 0 unspecified atom stereocenters. The molecule has 11 heteroatoms. The minimum Gasteiger partial charge on any atom is -0.450 e. The van der Waals surface area contributed by atoms with Crippen molar-refractivity contribution in [2.24, 2.45) is 16.7 Å². The molecule has 40 heavy (non-hydrogen) atoms. The number of hydrogen-bond acceptors (Lipinski definition) is 10. The van der Waals surface area contributed by atoms with Crippen LogP contribution < -0.4 is 0 Å². The third-order valence-electron chi connectivity index (χ3n) is 10.8. The van der Waals surface area contributed by atoms with E-state index in [0.717, 1.165) is 0 Å². The molecule has 1 spiro atoms. The zero-order valence-electron chi connectivity index (χ0n) is 25.3. The van der Waals surface area contributed by atoms with Crippen molar-refractivity contribution in [2.75, 3.05) is 6.61 Å². The summed E-state index contributed by atoms with van der Waals surface area (Å²) in [7, 11) is -2.47. The molecule has 3 fully saturated rings. The van der Waals surface area contributed by atoms with Gasteiger partial charge in [-0.15, -0.1) is 0 Å². The molecular formula is C29H44O10Si. The van der Waals surface area contributed by atoms with Gasteiger partial charge in [0, 0.05) is 23.7 Å². The Kier molecular flexibility index (Phi) is 7.11. The molecule has 4 rings (SSSR count). The zero-order valence-corrected chi connectivity index (χ0v) is 26.3. The fourth-order valence-electron chi connectivity index (χ4n) is 7.23. The monoisotopic (exact) mass is 580 g/mol. The summed E-state index contributed by atoms with van der Waals surface area (Å²) in [5, 5.41) is 23.7. The van der Waals surface area contributed by atoms with E-state index in [9.17, 15) is 29.4 Å². The molecule has 2 bridgehead atoms. The van der Waals surface area contributed by atoms with Crippen molar-refractivity contribution in [3.8, 4) is 0 Å². The Hall–Kier alpha value is -2.08. The maximum absolute atomic E-state index is 14.6. The van der Waals surface area contributed by atoms with Crippen molar-refractivity contribution < 1.29 is 48.0 Å². The summed E-state index contributed by atoms with van der Waals surface area (Å²) in [5.74, 6) is -2.87. The number of fused-ring (bicyclic) bond motifs is 3. The van der Waals surface area contributed by atoms with Crippen LogP contribution in [0.15, 0.2) is 11.1 Å². The molecule has 0 radical (unpaired) electrons. The van der Waals surface area contributed by atoms with E-state index in [0.29, 0.717) is 0 Å². The summed E-state index contributed by atoms with van der Waals surface area (Å²) in [6.45, 7) is 17.7. The standard InChI is InChI=1S/C29H44O10Si/c1-15-17(31)13-29-23(38-24(34)39-29)21-27(8,22(33)20(37-16(2)30)19(15)26(29,6)7)12-11-18(32)28(21,35)14-36-40(9,10)25(3,4)5/h18,20-21,23,32,35H,11-14H2,1-10H3/t18-,20+,21-,23-,27+,28-,29+/m0/s1. The van der Waals surface area contributed by atoms with Gasteiger partial charge in [-0.05, 0) is 49.0 Å². The van der Waals surface area contributed by atoms with Crippen LogP contribution in [0.2, 0.25) is 18.1 Å². The van der Waals surface area contributed by atoms with Crippen LogP contribution in [0.5, 0.6) is 0 Å². The minimum absolute atomic E-state index is 0.0533. The number of carbonyl (C=O) groups is 4. The molecule has 10 nitrogen and oxygen atoms in total. The number of allylic oxidation sites excluding steroid dienone is 1. The minimum atomic E-state index is -2.47. The average molecular weight is 581 g/mol. The van der Waals surface area contributed by atoms with Gasteiger partial charge in [-0.3, -0.25) is 14.4 Å². The van der Waals surface area contributed by atoms with Crippen molar-refractivity contribution in [1.82, 2.24) is 0 Å². The number of aliphatic hydroxyl groups is 2. The highest BCUT2D eigenvalue weighted by atomic mass is 28.4. The average Bonchev–Trinajstić information content (AvgIpc) is 3.13. The topological polar surface area (TPSA) is 146 Å². The van der Waals surface area contributed by atoms with Crippen LogP contribution in [-0.4, -0.2) is 78.3 Å². The van der Waals surface area contributed by atoms with Crippen LogP contribution in [-0.2, 0) is 33.0 Å². The molecule has 1 aliphatic heterocycles. The van der Waals surface area contributed by atoms with E-state index in [4.69, 9.17) is 18.6 Å². The molecule has 0 amide bonds. The molecule has 7 atom stereocenters. The Balaban J connectivity index is 2.01. The van der Waals surface area contributed by atoms with Gasteiger partial charge in [-0.25, -0.2) is 4.79 Å². The highest BCUT2D eigenvalue weighted by molar-refractivity contribution is 6.74. The number of aliphatic hydroxyl groups excluding tert-OH is 1. The predicted octanol–water partition coefficient (Wildman–Crippen LogP) is 3.62. The number of esters is 1. The second-order valence-electron chi connectivity index (χ2n) is 14.4. The normalized spacial score (nSPS) is 39.5. The SMILES string of the molecule is CC(=O)O[C@H]1C(=O)[C@]2(C)CC[C@H](O)[C@@](O)(CO[Si](C)(C)C(C)(C)C)[C@H]2[C@@H]2OC(=O)O[C@]23CC(=O)C(C)=C1C3(C)C. The summed E-state index contributed by atoms with van der Waals surface area (Å²) in [5.41, 5.74) is -5.83. The number of ketones is 2. The van der Waals surface area contributed by atoms with Crippen molar-refractivity contribution in [3.05, 3.63) is 11.1 Å². The van der Waals surface area contributed by atoms with E-state index in [2.05, 4.69) is 0 Å². The lowest BCUT2D eigenvalue weighted by atomic mass is 9.46. The molecule has 4 aliphatic rings. The number of carbonyl (C=O) groups excluding carboxylic acids is 4. The predicted molar refractivity (Wildman–Crippen MR) is 146 cm³/mol. The maximum Gasteiger partial charge on any atom is 0.509 e. The van der Waals surface area contributed by atoms with Gasteiger partial charge >= 0.3 is 12.1 Å². The van der Waals surface area contributed by atoms with E-state index in [1.54, 1.807) is 27.7 Å². The van der Waals surface area contributed by atoms with Gasteiger partial charge in [0.25, 0.3) is 0 Å². The van der Waals surface area contributed by atoms with Crippen molar-refractivity contribution in [1.29, 1.82) is 0 Å². The Bertz CT molecular complexity index is 1180. The fourth-order valence-corrected chi connectivity index (χ4v) is 8.26. The number of hydrogen-bond donors (Lipinski definition) is 2. The highest BCUT2D eigenvalue weighted by Gasteiger charge is 2.76. The van der Waals surface area contributed by atoms with Gasteiger partial charge in [0.05, 0.1) is 19.1 Å². The van der Waals surface area contributed by atoms with Gasteiger partial charge in [0.2, 0.25) is 0 Å². The summed E-state index contributed by atoms with van der Waals surface area (Å²) in [6.07, 6.45) is -5.18. The molecule has 224 valence electrons. The highest BCUT2D eigenvalue weighted by Crippen LogP contribution is 2.64. The molecule has 2 N–H and O–H groups in total. The van der Waals surface area contributed by atoms with Crippen molar-refractivity contribution in [2.45, 2.75) is 122 Å². The molecule has 1 saturated heterocycles. The Morgan fingerprint density at radius 1 is 1.15 bits per heavy atom. The van der Waals surface area contributed by atoms with Gasteiger partial charge in [0.15, 0.2) is 37.7 Å². The summed E-state index contributed by atoms with van der Waals surface area (Å²) in [4.78, 5) is 53.4. The van der Waals surface area contributed by atoms with Crippen LogP contribution in [0.25, 0.3) is 0 Å². The number of rotatable bonds is 4. The van der Waals surface area contributed by atoms with E-state index in [1.165, 1.54) is 6.92 Å². The summed E-state index contributed by atoms with van der Waals surface area (Å²) >= 11 is 0. The maximum atomic E-state index is 14.6. The van der Waals surface area contributed by atoms with Crippen LogP contribution in [0.4, 0.5) is 4.79 Å². The largest absolute Gasteiger partial charge is 0.509 e. The first-order chi connectivity index (χ1) is 18.1. The van der Waals surface area contributed by atoms with E-state index in [1.807, 2.05) is 33.9 Å². The molecule has 3 aliphatic carbocycles. The van der Waals surface area contributed by atoms with E-state index in [-0.39, 0.29) is 47.8 Å². The quantitative estimate of drug-likeness (QED) is 0.373. The smallest absolute Gasteiger partial charge is 0.450 e. The third-order valence-corrected chi connectivity index (χ3v) is 15.3. The van der Waals surface area contributed by atoms with Crippen LogP contribution in [0.3, 0.4) is 0 Å². The van der Waals surface area contributed by atoms with Crippen LogP contribution >= 0.6 is 0 Å². The number of ether oxygens (including phenoxy) is 3. The lowest BCUT2D eigenvalue weighted by Crippen LogP contribution is -2.74. The summed E-state index contributed by atoms with van der Waals surface area (Å²) in [6, 6.07) is 0. The molecular weight excluding hydrogens is 536 g/mol. The lowest BCUT2D eigenvalue weighted by Gasteiger charge is -2.61. The third kappa shape index (κ3) is 4.13. The lowest BCUT2D eigenvalue weighted by molar-refractivity contribution is -0.239. The second kappa shape index (κ2) is 9.21. The first-order valence-corrected chi connectivity index (χ1v) is 16.9. The second-order valence-corrected chi connectivity index (χ2v) is 19.2. The van der Waals surface area contributed by atoms with E-state index >= 15 is 0 Å². The van der Waals surface area contributed by atoms with Crippen molar-refractivity contribution in [3.63, 3.8) is 0 Å². The Morgan fingerprint density at radius 3 is 2.30 bits per heavy atom. The molecule has 1 heterocycles. The molecule has 0 aromatic heterocycles. The van der Waals surface area contributed by atoms with Crippen LogP contribution in [0, 0.1) is 16.7 Å². The summed E-state index contributed by atoms with van der Waals surface area (Å²) < 4.78 is 23.9. The number of Topliss-reactive ketones (excluding diaryl/α,β-unsaturated/α-hetero) is 2. The van der Waals surface area contributed by atoms with Gasteiger partial charge in [-0.1, -0.05) is 41.5 Å². The Labute approximate surface area is 236 Å². The van der Waals surface area contributed by atoms with Crippen molar-refractivity contribution >= 4 is 32.0 Å². The molecule has 0 aromatic rings.